The van der Waals surface area contributed by atoms with Crippen LogP contribution in [0.15, 0.2) is 16.8 Å². The molecule has 6 heteroatoms. The maximum Gasteiger partial charge on any atom is 0.289 e. The van der Waals surface area contributed by atoms with E-state index < -0.39 is 0 Å². The Kier molecular flexibility index (Phi) is 2.72. The van der Waals surface area contributed by atoms with Crippen molar-refractivity contribution in [2.45, 2.75) is 20.4 Å². The molecule has 6 nitrogen and oxygen atoms in total. The summed E-state index contributed by atoms with van der Waals surface area (Å²) in [5.74, 6) is 1.15. The van der Waals surface area contributed by atoms with E-state index in [4.69, 9.17) is 4.42 Å². The summed E-state index contributed by atoms with van der Waals surface area (Å²) in [6, 6.07) is 0. The molecule has 84 valence electrons. The zero-order chi connectivity index (χ0) is 11.5. The van der Waals surface area contributed by atoms with Crippen molar-refractivity contribution >= 4 is 5.91 Å². The first-order valence-electron chi connectivity index (χ1n) is 4.87. The van der Waals surface area contributed by atoms with E-state index in [9.17, 15) is 4.79 Å². The lowest BCUT2D eigenvalue weighted by Crippen LogP contribution is -2.23. The van der Waals surface area contributed by atoms with Crippen LogP contribution in [0.3, 0.4) is 0 Å². The Bertz CT molecular complexity index is 487. The van der Waals surface area contributed by atoms with Crippen molar-refractivity contribution in [3.05, 3.63) is 35.6 Å². The van der Waals surface area contributed by atoms with E-state index in [0.717, 1.165) is 0 Å². The Labute approximate surface area is 92.1 Å². The van der Waals surface area contributed by atoms with Crippen LogP contribution in [-0.2, 0) is 6.54 Å². The van der Waals surface area contributed by atoms with Gasteiger partial charge in [-0.25, -0.2) is 9.97 Å². The maximum atomic E-state index is 11.7. The average Bonchev–Trinajstić information content (AvgIpc) is 2.84. The summed E-state index contributed by atoms with van der Waals surface area (Å²) >= 11 is 0. The van der Waals surface area contributed by atoms with Gasteiger partial charge in [0.25, 0.3) is 5.91 Å². The summed E-state index contributed by atoms with van der Waals surface area (Å²) in [6.45, 7) is 3.78. The molecule has 0 atom stereocenters. The number of amides is 1. The van der Waals surface area contributed by atoms with Crippen LogP contribution >= 0.6 is 0 Å². The molecule has 0 bridgehead atoms. The van der Waals surface area contributed by atoms with Gasteiger partial charge in [0.2, 0.25) is 5.76 Å². The summed E-state index contributed by atoms with van der Waals surface area (Å²) in [6.07, 6.45) is 3.33. The number of oxazole rings is 1. The molecule has 0 aliphatic rings. The van der Waals surface area contributed by atoms with Crippen molar-refractivity contribution in [2.75, 3.05) is 0 Å². The SMILES string of the molecule is Cc1nc(C)c(C(=O)NCc2ncc[nH]2)o1. The summed E-state index contributed by atoms with van der Waals surface area (Å²) in [7, 11) is 0. The first kappa shape index (κ1) is 10.4. The largest absolute Gasteiger partial charge is 0.436 e. The molecule has 2 aromatic rings. The topological polar surface area (TPSA) is 83.8 Å². The number of hydrogen-bond acceptors (Lipinski definition) is 4. The normalized spacial score (nSPS) is 10.4. The lowest BCUT2D eigenvalue weighted by molar-refractivity contribution is 0.0920. The molecule has 0 fully saturated rings. The number of imidazole rings is 1. The first-order chi connectivity index (χ1) is 7.66. The summed E-state index contributed by atoms with van der Waals surface area (Å²) in [5, 5.41) is 2.69. The molecule has 0 saturated carbocycles. The number of aromatic nitrogens is 3. The molecule has 2 N–H and O–H groups in total. The van der Waals surface area contributed by atoms with Crippen LogP contribution in [0.1, 0.15) is 28.0 Å². The van der Waals surface area contributed by atoms with Crippen LogP contribution in [-0.4, -0.2) is 20.9 Å². The molecule has 1 amide bonds. The van der Waals surface area contributed by atoms with E-state index in [1.165, 1.54) is 0 Å². The minimum atomic E-state index is -0.283. The van der Waals surface area contributed by atoms with Gasteiger partial charge in [-0.15, -0.1) is 0 Å². The van der Waals surface area contributed by atoms with Gasteiger partial charge in [0, 0.05) is 19.3 Å². The van der Waals surface area contributed by atoms with E-state index in [0.29, 0.717) is 24.0 Å². The van der Waals surface area contributed by atoms with Crippen LogP contribution < -0.4 is 5.32 Å². The quantitative estimate of drug-likeness (QED) is 0.806. The summed E-state index contributed by atoms with van der Waals surface area (Å²) in [4.78, 5) is 22.6. The fraction of sp³-hybridized carbons (Fsp3) is 0.300. The Hall–Kier alpha value is -2.11. The number of carbonyl (C=O) groups excluding carboxylic acids is 1. The van der Waals surface area contributed by atoms with Crippen LogP contribution in [0.2, 0.25) is 0 Å². The van der Waals surface area contributed by atoms with Gasteiger partial charge in [-0.3, -0.25) is 4.79 Å². The Morgan fingerprint density at radius 3 is 2.94 bits per heavy atom. The highest BCUT2D eigenvalue weighted by molar-refractivity contribution is 5.92. The number of H-pyrrole nitrogens is 1. The smallest absolute Gasteiger partial charge is 0.289 e. The fourth-order valence-electron chi connectivity index (χ4n) is 1.38. The molecule has 0 radical (unpaired) electrons. The lowest BCUT2D eigenvalue weighted by atomic mass is 10.3. The van der Waals surface area contributed by atoms with Crippen molar-refractivity contribution < 1.29 is 9.21 Å². The summed E-state index contributed by atoms with van der Waals surface area (Å²) < 4.78 is 5.19. The Morgan fingerprint density at radius 2 is 2.38 bits per heavy atom. The number of hydrogen-bond donors (Lipinski definition) is 2. The van der Waals surface area contributed by atoms with E-state index >= 15 is 0 Å². The van der Waals surface area contributed by atoms with Crippen molar-refractivity contribution in [3.8, 4) is 0 Å². The minimum Gasteiger partial charge on any atom is -0.436 e. The Balaban J connectivity index is 2.01. The van der Waals surface area contributed by atoms with Gasteiger partial charge in [0.05, 0.1) is 12.2 Å². The van der Waals surface area contributed by atoms with Crippen LogP contribution in [0.5, 0.6) is 0 Å². The van der Waals surface area contributed by atoms with Crippen molar-refractivity contribution in [2.24, 2.45) is 0 Å². The van der Waals surface area contributed by atoms with Crippen LogP contribution in [0.4, 0.5) is 0 Å². The van der Waals surface area contributed by atoms with Gasteiger partial charge < -0.3 is 14.7 Å². The molecular weight excluding hydrogens is 208 g/mol. The molecule has 0 unspecified atom stereocenters. The first-order valence-corrected chi connectivity index (χ1v) is 4.87. The van der Waals surface area contributed by atoms with Gasteiger partial charge >= 0.3 is 0 Å². The van der Waals surface area contributed by atoms with Crippen molar-refractivity contribution in [3.63, 3.8) is 0 Å². The lowest BCUT2D eigenvalue weighted by Gasteiger charge is -2.00. The second-order valence-corrected chi connectivity index (χ2v) is 3.37. The van der Waals surface area contributed by atoms with E-state index in [2.05, 4.69) is 20.3 Å². The molecule has 0 spiro atoms. The van der Waals surface area contributed by atoms with Crippen molar-refractivity contribution in [1.29, 1.82) is 0 Å². The number of rotatable bonds is 3. The standard InChI is InChI=1S/C10H12N4O2/c1-6-9(16-7(2)14-6)10(15)13-5-8-11-3-4-12-8/h3-4H,5H2,1-2H3,(H,11,12)(H,13,15). The highest BCUT2D eigenvalue weighted by atomic mass is 16.4. The molecule has 2 heterocycles. The summed E-state index contributed by atoms with van der Waals surface area (Å²) in [5.41, 5.74) is 0.592. The molecule has 2 aromatic heterocycles. The number of carbonyl (C=O) groups is 1. The molecule has 0 aliphatic carbocycles. The molecule has 0 aliphatic heterocycles. The average molecular weight is 220 g/mol. The fourth-order valence-corrected chi connectivity index (χ4v) is 1.38. The number of aryl methyl sites for hydroxylation is 2. The number of nitrogens with zero attached hydrogens (tertiary/aromatic N) is 2. The third-order valence-electron chi connectivity index (χ3n) is 2.08. The highest BCUT2D eigenvalue weighted by Gasteiger charge is 2.15. The highest BCUT2D eigenvalue weighted by Crippen LogP contribution is 2.08. The second-order valence-electron chi connectivity index (χ2n) is 3.37. The van der Waals surface area contributed by atoms with Crippen molar-refractivity contribution in [1.82, 2.24) is 20.3 Å². The second kappa shape index (κ2) is 4.18. The third kappa shape index (κ3) is 2.10. The van der Waals surface area contributed by atoms with Crippen LogP contribution in [0.25, 0.3) is 0 Å². The monoisotopic (exact) mass is 220 g/mol. The van der Waals surface area contributed by atoms with Gasteiger partial charge in [-0.1, -0.05) is 0 Å². The molecule has 0 aromatic carbocycles. The Morgan fingerprint density at radius 1 is 1.56 bits per heavy atom. The molecule has 16 heavy (non-hydrogen) atoms. The maximum absolute atomic E-state index is 11.7. The zero-order valence-corrected chi connectivity index (χ0v) is 9.07. The van der Waals surface area contributed by atoms with Gasteiger partial charge in [-0.2, -0.15) is 0 Å². The predicted octanol–water partition coefficient (Wildman–Crippen LogP) is 0.945. The van der Waals surface area contributed by atoms with E-state index in [-0.39, 0.29) is 11.7 Å². The van der Waals surface area contributed by atoms with Gasteiger partial charge in [0.15, 0.2) is 5.89 Å². The predicted molar refractivity (Wildman–Crippen MR) is 55.7 cm³/mol. The molecule has 2 rings (SSSR count). The molecular formula is C10H12N4O2. The van der Waals surface area contributed by atoms with Crippen LogP contribution in [0, 0.1) is 13.8 Å². The number of aromatic amines is 1. The van der Waals surface area contributed by atoms with Gasteiger partial charge in [-0.05, 0) is 6.92 Å². The third-order valence-corrected chi connectivity index (χ3v) is 2.08. The zero-order valence-electron chi connectivity index (χ0n) is 9.07. The van der Waals surface area contributed by atoms with Gasteiger partial charge in [0.1, 0.15) is 5.82 Å². The van der Waals surface area contributed by atoms with E-state index in [1.807, 2.05) is 0 Å². The molecule has 0 saturated heterocycles. The number of nitrogens with one attached hydrogen (secondary N) is 2. The minimum absolute atomic E-state index is 0.254. The van der Waals surface area contributed by atoms with E-state index in [1.54, 1.807) is 26.2 Å².